The molecule has 1 saturated heterocycles. The van der Waals surface area contributed by atoms with Crippen molar-refractivity contribution in [1.29, 1.82) is 0 Å². The van der Waals surface area contributed by atoms with Crippen LogP contribution in [0.1, 0.15) is 51.7 Å². The lowest BCUT2D eigenvalue weighted by Gasteiger charge is -2.26. The second kappa shape index (κ2) is 10.2. The summed E-state index contributed by atoms with van der Waals surface area (Å²) >= 11 is 0. The summed E-state index contributed by atoms with van der Waals surface area (Å²) in [6.45, 7) is 1.48. The number of azide groups is 1. The minimum absolute atomic E-state index is 0.0338. The number of esters is 1. The number of nitrogen functional groups attached to an aromatic ring is 1. The molecular formula is C17H26N6O6. The molecule has 1 fully saturated rings. The van der Waals surface area contributed by atoms with E-state index in [9.17, 15) is 19.8 Å². The molecule has 0 saturated carbocycles. The van der Waals surface area contributed by atoms with E-state index in [1.54, 1.807) is 0 Å². The van der Waals surface area contributed by atoms with Crippen LogP contribution < -0.4 is 11.4 Å². The molecule has 4 atom stereocenters. The summed E-state index contributed by atoms with van der Waals surface area (Å²) in [5, 5.41) is 24.2. The van der Waals surface area contributed by atoms with E-state index in [2.05, 4.69) is 21.9 Å². The summed E-state index contributed by atoms with van der Waals surface area (Å²) in [5.41, 5.74) is 11.4. The van der Waals surface area contributed by atoms with E-state index in [1.807, 2.05) is 0 Å². The third kappa shape index (κ3) is 5.45. The van der Waals surface area contributed by atoms with Gasteiger partial charge in [-0.1, -0.05) is 37.7 Å². The number of nitrogens with two attached hydrogens (primary N) is 1. The number of hydrogen-bond donors (Lipinski definition) is 3. The van der Waals surface area contributed by atoms with Gasteiger partial charge in [-0.3, -0.25) is 9.36 Å². The number of carbonyl (C=O) groups is 1. The Morgan fingerprint density at radius 1 is 1.45 bits per heavy atom. The number of nitrogens with zero attached hydrogens (tertiary/aromatic N) is 5. The molecule has 2 rings (SSSR count). The largest absolute Gasteiger partial charge is 0.462 e. The Bertz CT molecular complexity index is 810. The monoisotopic (exact) mass is 410 g/mol. The SMILES string of the molecule is CCCCCCCC(=O)OC[C@@]1(N=[N+]=[N-])O[C@@H](n2ccc(N)nc2=O)[C@H](O)[C@@H]1O. The molecule has 4 N–H and O–H groups in total. The van der Waals surface area contributed by atoms with Crippen molar-refractivity contribution in [2.45, 2.75) is 69.6 Å². The number of aliphatic hydroxyl groups is 2. The standard InChI is InChI=1S/C17H26N6O6/c1-2-3-4-5-6-7-12(24)28-10-17(21-22-19)14(26)13(25)15(29-17)23-9-8-11(18)20-16(23)27/h8-9,13-15,25-26H,2-7,10H2,1H3,(H2,18,20,27)/t13-,14+,15-,17-/m1/s1. The van der Waals surface area contributed by atoms with Crippen molar-refractivity contribution in [3.05, 3.63) is 33.2 Å². The van der Waals surface area contributed by atoms with Crippen LogP contribution in [0.5, 0.6) is 0 Å². The number of carbonyl (C=O) groups excluding carboxylic acids is 1. The van der Waals surface area contributed by atoms with Gasteiger partial charge in [-0.25, -0.2) is 4.79 Å². The van der Waals surface area contributed by atoms with Crippen molar-refractivity contribution in [3.63, 3.8) is 0 Å². The summed E-state index contributed by atoms with van der Waals surface area (Å²) in [6.07, 6.45) is 1.32. The first-order valence-electron chi connectivity index (χ1n) is 9.45. The molecular weight excluding hydrogens is 384 g/mol. The van der Waals surface area contributed by atoms with Crippen molar-refractivity contribution < 1.29 is 24.5 Å². The van der Waals surface area contributed by atoms with Crippen molar-refractivity contribution >= 4 is 11.8 Å². The smallest absolute Gasteiger partial charge is 0.351 e. The second-order valence-corrected chi connectivity index (χ2v) is 6.85. The van der Waals surface area contributed by atoms with Gasteiger partial charge in [-0.15, -0.1) is 0 Å². The zero-order valence-corrected chi connectivity index (χ0v) is 16.2. The Kier molecular flexibility index (Phi) is 7.97. The fourth-order valence-electron chi connectivity index (χ4n) is 3.05. The summed E-state index contributed by atoms with van der Waals surface area (Å²) in [4.78, 5) is 30.1. The van der Waals surface area contributed by atoms with Crippen LogP contribution in [0, 0.1) is 0 Å². The molecule has 160 valence electrons. The summed E-state index contributed by atoms with van der Waals surface area (Å²) in [7, 11) is 0. The molecule has 29 heavy (non-hydrogen) atoms. The average Bonchev–Trinajstić information content (AvgIpc) is 2.92. The van der Waals surface area contributed by atoms with Crippen LogP contribution in [0.25, 0.3) is 10.4 Å². The molecule has 0 aliphatic carbocycles. The van der Waals surface area contributed by atoms with Crippen LogP contribution in [0.2, 0.25) is 0 Å². The lowest BCUT2D eigenvalue weighted by atomic mass is 10.1. The molecule has 1 aromatic rings. The van der Waals surface area contributed by atoms with Crippen LogP contribution in [0.3, 0.4) is 0 Å². The van der Waals surface area contributed by atoms with E-state index in [-0.39, 0.29) is 12.2 Å². The van der Waals surface area contributed by atoms with Crippen molar-refractivity contribution in [2.24, 2.45) is 5.11 Å². The Labute approximate surface area is 166 Å². The summed E-state index contributed by atoms with van der Waals surface area (Å²) < 4.78 is 11.5. The van der Waals surface area contributed by atoms with E-state index in [1.165, 1.54) is 12.3 Å². The van der Waals surface area contributed by atoms with Gasteiger partial charge >= 0.3 is 11.7 Å². The molecule has 0 spiro atoms. The predicted octanol–water partition coefficient (Wildman–Crippen LogP) is 0.986. The Morgan fingerprint density at radius 2 is 2.17 bits per heavy atom. The molecule has 0 unspecified atom stereocenters. The molecule has 0 bridgehead atoms. The van der Waals surface area contributed by atoms with Crippen molar-refractivity contribution in [1.82, 2.24) is 9.55 Å². The van der Waals surface area contributed by atoms with E-state index < -0.39 is 42.4 Å². The normalized spacial score (nSPS) is 26.1. The zero-order chi connectivity index (χ0) is 21.4. The van der Waals surface area contributed by atoms with Gasteiger partial charge in [-0.2, -0.15) is 4.98 Å². The Morgan fingerprint density at radius 3 is 2.83 bits per heavy atom. The van der Waals surface area contributed by atoms with Crippen molar-refractivity contribution in [3.8, 4) is 0 Å². The van der Waals surface area contributed by atoms with Crippen LogP contribution in [0.15, 0.2) is 22.2 Å². The van der Waals surface area contributed by atoms with Crippen molar-refractivity contribution in [2.75, 3.05) is 12.3 Å². The number of rotatable bonds is 10. The quantitative estimate of drug-likeness (QED) is 0.167. The maximum atomic E-state index is 12.0. The lowest BCUT2D eigenvalue weighted by Crippen LogP contribution is -2.45. The highest BCUT2D eigenvalue weighted by Gasteiger charge is 2.56. The number of aromatic nitrogens is 2. The van der Waals surface area contributed by atoms with Crippen LogP contribution in [-0.4, -0.2) is 50.3 Å². The van der Waals surface area contributed by atoms with E-state index >= 15 is 0 Å². The first-order valence-corrected chi connectivity index (χ1v) is 9.45. The van der Waals surface area contributed by atoms with Crippen LogP contribution in [0.4, 0.5) is 5.82 Å². The van der Waals surface area contributed by atoms with E-state index in [0.717, 1.165) is 30.3 Å². The molecule has 1 aliphatic heterocycles. The Balaban J connectivity index is 2.07. The molecule has 0 amide bonds. The molecule has 12 heteroatoms. The predicted molar refractivity (Wildman–Crippen MR) is 101 cm³/mol. The highest BCUT2D eigenvalue weighted by molar-refractivity contribution is 5.69. The lowest BCUT2D eigenvalue weighted by molar-refractivity contribution is -0.165. The number of ether oxygens (including phenoxy) is 2. The van der Waals surface area contributed by atoms with E-state index in [0.29, 0.717) is 6.42 Å². The summed E-state index contributed by atoms with van der Waals surface area (Å²) in [5.74, 6) is -0.581. The minimum atomic E-state index is -2.09. The fraction of sp³-hybridized carbons (Fsp3) is 0.706. The van der Waals surface area contributed by atoms with Crippen LogP contribution in [-0.2, 0) is 14.3 Å². The second-order valence-electron chi connectivity index (χ2n) is 6.85. The van der Waals surface area contributed by atoms with Gasteiger partial charge in [0.2, 0.25) is 5.72 Å². The topological polar surface area (TPSA) is 186 Å². The zero-order valence-electron chi connectivity index (χ0n) is 16.2. The Hall–Kier alpha value is -2.66. The van der Waals surface area contributed by atoms with E-state index in [4.69, 9.17) is 20.7 Å². The van der Waals surface area contributed by atoms with Crippen LogP contribution >= 0.6 is 0 Å². The fourth-order valence-corrected chi connectivity index (χ4v) is 3.05. The van der Waals surface area contributed by atoms with Gasteiger partial charge < -0.3 is 25.4 Å². The minimum Gasteiger partial charge on any atom is -0.462 e. The number of anilines is 1. The molecule has 0 radical (unpaired) electrons. The van der Waals surface area contributed by atoms with Gasteiger partial charge in [0.1, 0.15) is 24.6 Å². The van der Waals surface area contributed by atoms with Gasteiger partial charge in [-0.05, 0) is 18.0 Å². The first kappa shape index (κ1) is 22.6. The third-order valence-electron chi connectivity index (χ3n) is 4.67. The first-order chi connectivity index (χ1) is 13.8. The van der Waals surface area contributed by atoms with Gasteiger partial charge in [0, 0.05) is 17.5 Å². The molecule has 0 aromatic carbocycles. The average molecular weight is 410 g/mol. The maximum Gasteiger partial charge on any atom is 0.351 e. The number of hydrogen-bond acceptors (Lipinski definition) is 9. The molecule has 1 aliphatic rings. The molecule has 12 nitrogen and oxygen atoms in total. The van der Waals surface area contributed by atoms with Gasteiger partial charge in [0.25, 0.3) is 0 Å². The third-order valence-corrected chi connectivity index (χ3v) is 4.67. The molecule has 2 heterocycles. The highest BCUT2D eigenvalue weighted by atomic mass is 16.6. The van der Waals surface area contributed by atoms with Gasteiger partial charge in [0.15, 0.2) is 6.23 Å². The number of aliphatic hydroxyl groups excluding tert-OH is 2. The maximum absolute atomic E-state index is 12.0. The van der Waals surface area contributed by atoms with Gasteiger partial charge in [0.05, 0.1) is 0 Å². The molecule has 1 aromatic heterocycles. The summed E-state index contributed by atoms with van der Waals surface area (Å²) in [6, 6.07) is 1.30. The number of unbranched alkanes of at least 4 members (excludes halogenated alkanes) is 4. The highest BCUT2D eigenvalue weighted by Crippen LogP contribution is 2.38.